The highest BCUT2D eigenvalue weighted by molar-refractivity contribution is 6.42. The summed E-state index contributed by atoms with van der Waals surface area (Å²) in [5.41, 5.74) is 0. The standard InChI is InChI=1S/C13H13Cl2N3O4/c14-8-2-1-3-9(12(8)15)21-7-5-11(19)16-6-4-10-17-13(20)22-18-10/h1-3H,4-7H2,(H,16,19)(H,17,18,20). The van der Waals surface area contributed by atoms with Crippen LogP contribution in [0.15, 0.2) is 27.5 Å². The lowest BCUT2D eigenvalue weighted by molar-refractivity contribution is -0.121. The molecule has 2 rings (SSSR count). The smallest absolute Gasteiger partial charge is 0.438 e. The van der Waals surface area contributed by atoms with Gasteiger partial charge in [0.15, 0.2) is 5.82 Å². The molecular formula is C13H13Cl2N3O4. The van der Waals surface area contributed by atoms with Crippen LogP contribution < -0.4 is 15.8 Å². The van der Waals surface area contributed by atoms with Gasteiger partial charge in [0.2, 0.25) is 5.91 Å². The molecule has 0 saturated heterocycles. The second-order valence-corrected chi connectivity index (χ2v) is 5.08. The molecule has 0 aliphatic rings. The van der Waals surface area contributed by atoms with Crippen LogP contribution in [-0.2, 0) is 11.2 Å². The molecule has 0 saturated carbocycles. The van der Waals surface area contributed by atoms with E-state index >= 15 is 0 Å². The molecule has 0 radical (unpaired) electrons. The minimum Gasteiger partial charge on any atom is -0.491 e. The number of benzene rings is 1. The Morgan fingerprint density at radius 2 is 2.23 bits per heavy atom. The van der Waals surface area contributed by atoms with Gasteiger partial charge in [-0.25, -0.2) is 4.79 Å². The number of hydrogen-bond donors (Lipinski definition) is 2. The van der Waals surface area contributed by atoms with E-state index in [-0.39, 0.29) is 18.9 Å². The number of nitrogens with one attached hydrogen (secondary N) is 2. The number of rotatable bonds is 7. The molecule has 1 aromatic carbocycles. The maximum absolute atomic E-state index is 11.6. The summed E-state index contributed by atoms with van der Waals surface area (Å²) >= 11 is 11.8. The van der Waals surface area contributed by atoms with Crippen molar-refractivity contribution in [2.24, 2.45) is 0 Å². The van der Waals surface area contributed by atoms with E-state index in [9.17, 15) is 9.59 Å². The summed E-state index contributed by atoms with van der Waals surface area (Å²) in [5, 5.41) is 6.87. The van der Waals surface area contributed by atoms with Crippen molar-refractivity contribution in [2.45, 2.75) is 12.8 Å². The SMILES string of the molecule is O=C(CCOc1cccc(Cl)c1Cl)NCCc1noc(=O)[nH]1. The fourth-order valence-corrected chi connectivity index (χ4v) is 1.97. The maximum atomic E-state index is 11.6. The minimum atomic E-state index is -0.617. The van der Waals surface area contributed by atoms with E-state index in [1.165, 1.54) is 0 Å². The number of aromatic nitrogens is 2. The zero-order valence-electron chi connectivity index (χ0n) is 11.4. The highest BCUT2D eigenvalue weighted by atomic mass is 35.5. The molecule has 0 aliphatic heterocycles. The summed E-state index contributed by atoms with van der Waals surface area (Å²) in [4.78, 5) is 24.7. The largest absolute Gasteiger partial charge is 0.491 e. The first-order chi connectivity index (χ1) is 10.6. The van der Waals surface area contributed by atoms with Crippen molar-refractivity contribution in [3.8, 4) is 5.75 Å². The number of carbonyl (C=O) groups is 1. The number of aromatic amines is 1. The van der Waals surface area contributed by atoms with Crippen LogP contribution in [0.4, 0.5) is 0 Å². The van der Waals surface area contributed by atoms with Crippen LogP contribution in [0.2, 0.25) is 10.0 Å². The highest BCUT2D eigenvalue weighted by Crippen LogP contribution is 2.31. The number of hydrogen-bond acceptors (Lipinski definition) is 5. The predicted octanol–water partition coefficient (Wildman–Crippen LogP) is 1.80. The monoisotopic (exact) mass is 345 g/mol. The molecule has 0 fully saturated rings. The molecule has 0 unspecified atom stereocenters. The molecule has 22 heavy (non-hydrogen) atoms. The van der Waals surface area contributed by atoms with E-state index < -0.39 is 5.76 Å². The summed E-state index contributed by atoms with van der Waals surface area (Å²) in [6.45, 7) is 0.506. The molecule has 2 N–H and O–H groups in total. The fraction of sp³-hybridized carbons (Fsp3) is 0.308. The summed E-state index contributed by atoms with van der Waals surface area (Å²) in [7, 11) is 0. The summed E-state index contributed by atoms with van der Waals surface area (Å²) in [6.07, 6.45) is 0.538. The Labute approximate surface area is 135 Å². The zero-order chi connectivity index (χ0) is 15.9. The quantitative estimate of drug-likeness (QED) is 0.797. The first kappa shape index (κ1) is 16.4. The predicted molar refractivity (Wildman–Crippen MR) is 80.4 cm³/mol. The van der Waals surface area contributed by atoms with Crippen molar-refractivity contribution >= 4 is 29.1 Å². The van der Waals surface area contributed by atoms with Gasteiger partial charge in [0, 0.05) is 13.0 Å². The number of halogens is 2. The topological polar surface area (TPSA) is 97.2 Å². The Hall–Kier alpha value is -1.99. The Morgan fingerprint density at radius 1 is 1.41 bits per heavy atom. The average molecular weight is 346 g/mol. The summed E-state index contributed by atoms with van der Waals surface area (Å²) in [5.74, 6) is 0.00603. The second kappa shape index (κ2) is 7.86. The van der Waals surface area contributed by atoms with Crippen molar-refractivity contribution in [3.05, 3.63) is 44.6 Å². The van der Waals surface area contributed by atoms with E-state index in [4.69, 9.17) is 27.9 Å². The minimum absolute atomic E-state index is 0.165. The van der Waals surface area contributed by atoms with Crippen LogP contribution >= 0.6 is 23.2 Å². The first-order valence-electron chi connectivity index (χ1n) is 6.44. The van der Waals surface area contributed by atoms with Gasteiger partial charge in [-0.1, -0.05) is 34.4 Å². The van der Waals surface area contributed by atoms with Crippen LogP contribution in [0.3, 0.4) is 0 Å². The molecule has 118 valence electrons. The van der Waals surface area contributed by atoms with Gasteiger partial charge in [-0.15, -0.1) is 0 Å². The van der Waals surface area contributed by atoms with Crippen LogP contribution in [0.1, 0.15) is 12.2 Å². The molecule has 9 heteroatoms. The molecule has 2 aromatic rings. The van der Waals surface area contributed by atoms with Crippen LogP contribution in [-0.4, -0.2) is 29.2 Å². The Morgan fingerprint density at radius 3 is 2.95 bits per heavy atom. The third-order valence-corrected chi connectivity index (χ3v) is 3.47. The van der Waals surface area contributed by atoms with Gasteiger partial charge in [-0.3, -0.25) is 14.3 Å². The van der Waals surface area contributed by atoms with Gasteiger partial charge in [-0.2, -0.15) is 0 Å². The Balaban J connectivity index is 1.67. The van der Waals surface area contributed by atoms with Gasteiger partial charge in [0.25, 0.3) is 0 Å². The summed E-state index contributed by atoms with van der Waals surface area (Å²) in [6, 6.07) is 5.03. The molecule has 0 aliphatic carbocycles. The van der Waals surface area contributed by atoms with E-state index in [1.807, 2.05) is 0 Å². The van der Waals surface area contributed by atoms with Gasteiger partial charge < -0.3 is 10.1 Å². The van der Waals surface area contributed by atoms with Crippen molar-refractivity contribution in [1.29, 1.82) is 0 Å². The molecule has 0 atom stereocenters. The zero-order valence-corrected chi connectivity index (χ0v) is 12.9. The van der Waals surface area contributed by atoms with Crippen molar-refractivity contribution in [3.63, 3.8) is 0 Å². The maximum Gasteiger partial charge on any atom is 0.438 e. The number of nitrogens with zero attached hydrogens (tertiary/aromatic N) is 1. The molecule has 0 spiro atoms. The fourth-order valence-electron chi connectivity index (χ4n) is 1.63. The molecule has 1 aromatic heterocycles. The molecular weight excluding hydrogens is 333 g/mol. The Kier molecular flexibility index (Phi) is 5.85. The summed E-state index contributed by atoms with van der Waals surface area (Å²) < 4.78 is 9.74. The van der Waals surface area contributed by atoms with Crippen LogP contribution in [0.25, 0.3) is 0 Å². The van der Waals surface area contributed by atoms with Crippen LogP contribution in [0.5, 0.6) is 5.75 Å². The average Bonchev–Trinajstić information content (AvgIpc) is 2.89. The lowest BCUT2D eigenvalue weighted by Crippen LogP contribution is -2.27. The first-order valence-corrected chi connectivity index (χ1v) is 7.20. The van der Waals surface area contributed by atoms with Gasteiger partial charge in [0.05, 0.1) is 18.1 Å². The van der Waals surface area contributed by atoms with Crippen molar-refractivity contribution in [1.82, 2.24) is 15.5 Å². The van der Waals surface area contributed by atoms with Gasteiger partial charge in [-0.05, 0) is 12.1 Å². The molecule has 7 nitrogen and oxygen atoms in total. The second-order valence-electron chi connectivity index (χ2n) is 4.29. The van der Waals surface area contributed by atoms with E-state index in [2.05, 4.69) is 20.0 Å². The number of ether oxygens (including phenoxy) is 1. The molecule has 1 heterocycles. The van der Waals surface area contributed by atoms with Gasteiger partial charge >= 0.3 is 5.76 Å². The lowest BCUT2D eigenvalue weighted by atomic mass is 10.3. The van der Waals surface area contributed by atoms with E-state index in [0.29, 0.717) is 34.6 Å². The van der Waals surface area contributed by atoms with Crippen LogP contribution in [0, 0.1) is 0 Å². The van der Waals surface area contributed by atoms with Crippen molar-refractivity contribution < 1.29 is 14.1 Å². The normalized spacial score (nSPS) is 10.5. The molecule has 0 bridgehead atoms. The third-order valence-electron chi connectivity index (χ3n) is 2.67. The van der Waals surface area contributed by atoms with Crippen molar-refractivity contribution in [2.75, 3.05) is 13.2 Å². The number of H-pyrrole nitrogens is 1. The third kappa shape index (κ3) is 4.78. The number of amides is 1. The van der Waals surface area contributed by atoms with E-state index in [0.717, 1.165) is 0 Å². The van der Waals surface area contributed by atoms with Gasteiger partial charge in [0.1, 0.15) is 10.8 Å². The Bertz CT molecular complexity index is 699. The highest BCUT2D eigenvalue weighted by Gasteiger charge is 2.07. The van der Waals surface area contributed by atoms with E-state index in [1.54, 1.807) is 18.2 Å². The lowest BCUT2D eigenvalue weighted by Gasteiger charge is -2.08. The number of carbonyl (C=O) groups excluding carboxylic acids is 1. The molecule has 1 amide bonds.